The minimum atomic E-state index is -0.593. The van der Waals surface area contributed by atoms with E-state index in [-0.39, 0.29) is 0 Å². The minimum Gasteiger partial charge on any atom is -0.486 e. The lowest BCUT2D eigenvalue weighted by atomic mass is 10.1. The number of fused-ring (bicyclic) bond motifs is 2. The number of amides is 3. The van der Waals surface area contributed by atoms with Crippen LogP contribution in [0.4, 0.5) is 16.2 Å². The summed E-state index contributed by atoms with van der Waals surface area (Å²) in [5, 5.41) is 8.15. The Hall–Kier alpha value is -3.22. The van der Waals surface area contributed by atoms with Gasteiger partial charge in [-0.25, -0.2) is 4.79 Å². The van der Waals surface area contributed by atoms with Crippen molar-refractivity contribution in [3.8, 4) is 11.5 Å². The van der Waals surface area contributed by atoms with Crippen molar-refractivity contribution in [1.82, 2.24) is 5.32 Å². The second kappa shape index (κ2) is 7.80. The van der Waals surface area contributed by atoms with Crippen LogP contribution in [0, 0.1) is 0 Å². The van der Waals surface area contributed by atoms with E-state index < -0.39 is 18.0 Å². The molecule has 3 amide bonds. The van der Waals surface area contributed by atoms with Crippen LogP contribution in [0.15, 0.2) is 36.4 Å². The molecule has 1 aliphatic carbocycles. The predicted octanol–water partition coefficient (Wildman–Crippen LogP) is 3.10. The van der Waals surface area contributed by atoms with Gasteiger partial charge in [0.15, 0.2) is 11.5 Å². The zero-order chi connectivity index (χ0) is 19.5. The van der Waals surface area contributed by atoms with Gasteiger partial charge in [0.2, 0.25) is 5.91 Å². The molecule has 2 aromatic rings. The summed E-state index contributed by atoms with van der Waals surface area (Å²) >= 11 is 0. The maximum atomic E-state index is 12.3. The summed E-state index contributed by atoms with van der Waals surface area (Å²) in [6.45, 7) is 2.69. The van der Waals surface area contributed by atoms with Crippen LogP contribution in [0.1, 0.15) is 24.5 Å². The van der Waals surface area contributed by atoms with Crippen LogP contribution in [0.5, 0.6) is 11.5 Å². The van der Waals surface area contributed by atoms with Gasteiger partial charge in [-0.3, -0.25) is 10.1 Å². The van der Waals surface area contributed by atoms with Crippen LogP contribution in [0.3, 0.4) is 0 Å². The standard InChI is InChI=1S/C21H23N3O4/c1-13(22-16-6-5-14-3-2-4-15(14)11-16)20(25)24-21(26)23-17-7-8-18-19(12-17)28-10-9-27-18/h5-8,11-13,22H,2-4,9-10H2,1H3,(H2,23,24,25,26)/t13-/m0/s1. The molecule has 7 nitrogen and oxygen atoms in total. The van der Waals surface area contributed by atoms with E-state index in [9.17, 15) is 9.59 Å². The number of carbonyl (C=O) groups is 2. The molecule has 1 heterocycles. The Morgan fingerprint density at radius 1 is 0.929 bits per heavy atom. The molecular formula is C21H23N3O4. The lowest BCUT2D eigenvalue weighted by Gasteiger charge is -2.19. The first kappa shape index (κ1) is 18.2. The van der Waals surface area contributed by atoms with E-state index >= 15 is 0 Å². The Morgan fingerprint density at radius 3 is 2.54 bits per heavy atom. The van der Waals surface area contributed by atoms with Gasteiger partial charge in [0, 0.05) is 17.4 Å². The molecule has 2 aliphatic rings. The molecule has 4 rings (SSSR count). The molecule has 0 aromatic heterocycles. The molecule has 146 valence electrons. The van der Waals surface area contributed by atoms with Crippen LogP contribution in [-0.2, 0) is 17.6 Å². The molecule has 0 radical (unpaired) electrons. The third-order valence-corrected chi connectivity index (χ3v) is 4.91. The van der Waals surface area contributed by atoms with Crippen LogP contribution < -0.4 is 25.4 Å². The summed E-state index contributed by atoms with van der Waals surface area (Å²) < 4.78 is 10.9. The lowest BCUT2D eigenvalue weighted by molar-refractivity contribution is -0.120. The maximum absolute atomic E-state index is 12.3. The normalized spacial score (nSPS) is 15.3. The first-order valence-electron chi connectivity index (χ1n) is 9.48. The molecule has 0 saturated heterocycles. The lowest BCUT2D eigenvalue weighted by Crippen LogP contribution is -2.42. The van der Waals surface area contributed by atoms with Crippen LogP contribution in [0.2, 0.25) is 0 Å². The van der Waals surface area contributed by atoms with E-state index in [0.717, 1.165) is 18.5 Å². The predicted molar refractivity (Wildman–Crippen MR) is 106 cm³/mol. The number of carbonyl (C=O) groups excluding carboxylic acids is 2. The number of aryl methyl sites for hydroxylation is 2. The summed E-state index contributed by atoms with van der Waals surface area (Å²) in [4.78, 5) is 24.5. The zero-order valence-corrected chi connectivity index (χ0v) is 15.7. The van der Waals surface area contributed by atoms with Crippen LogP contribution >= 0.6 is 0 Å². The highest BCUT2D eigenvalue weighted by Gasteiger charge is 2.18. The molecule has 0 spiro atoms. The van der Waals surface area contributed by atoms with Gasteiger partial charge in [-0.1, -0.05) is 6.07 Å². The second-order valence-electron chi connectivity index (χ2n) is 7.00. The molecule has 2 aromatic carbocycles. The minimum absolute atomic E-state index is 0.407. The average Bonchev–Trinajstić information content (AvgIpc) is 3.15. The van der Waals surface area contributed by atoms with E-state index in [1.54, 1.807) is 25.1 Å². The first-order chi connectivity index (χ1) is 13.6. The number of imide groups is 1. The van der Waals surface area contributed by atoms with Crippen molar-refractivity contribution in [2.45, 2.75) is 32.2 Å². The Morgan fingerprint density at radius 2 is 1.68 bits per heavy atom. The summed E-state index contributed by atoms with van der Waals surface area (Å²) in [7, 11) is 0. The molecule has 1 aliphatic heterocycles. The quantitative estimate of drug-likeness (QED) is 0.757. The highest BCUT2D eigenvalue weighted by molar-refractivity contribution is 6.03. The van der Waals surface area contributed by atoms with Gasteiger partial charge in [0.1, 0.15) is 19.3 Å². The number of ether oxygens (including phenoxy) is 2. The molecule has 28 heavy (non-hydrogen) atoms. The molecule has 7 heteroatoms. The molecule has 0 fully saturated rings. The van der Waals surface area contributed by atoms with E-state index in [2.05, 4.69) is 28.1 Å². The Labute approximate surface area is 163 Å². The number of rotatable bonds is 4. The fraction of sp³-hybridized carbons (Fsp3) is 0.333. The molecule has 3 N–H and O–H groups in total. The van der Waals surface area contributed by atoms with Crippen LogP contribution in [-0.4, -0.2) is 31.2 Å². The van der Waals surface area contributed by atoms with Gasteiger partial charge in [0.25, 0.3) is 0 Å². The van der Waals surface area contributed by atoms with Crippen molar-refractivity contribution in [2.24, 2.45) is 0 Å². The van der Waals surface area contributed by atoms with E-state index in [1.165, 1.54) is 17.5 Å². The molecule has 0 saturated carbocycles. The molecule has 0 bridgehead atoms. The van der Waals surface area contributed by atoms with Crippen molar-refractivity contribution >= 4 is 23.3 Å². The van der Waals surface area contributed by atoms with Gasteiger partial charge in [0.05, 0.1) is 0 Å². The number of anilines is 2. The Bertz CT molecular complexity index is 913. The molecular weight excluding hydrogens is 358 g/mol. The third-order valence-electron chi connectivity index (χ3n) is 4.91. The Kier molecular flexibility index (Phi) is 5.06. The van der Waals surface area contributed by atoms with Gasteiger partial charge < -0.3 is 20.1 Å². The SMILES string of the molecule is C[C@H](Nc1ccc2c(c1)CCC2)C(=O)NC(=O)Nc1ccc2c(c1)OCCO2. The van der Waals surface area contributed by atoms with E-state index in [0.29, 0.717) is 30.4 Å². The summed E-state index contributed by atoms with van der Waals surface area (Å²) in [5.74, 6) is 0.804. The summed E-state index contributed by atoms with van der Waals surface area (Å²) in [6, 6.07) is 10.1. The van der Waals surface area contributed by atoms with Crippen molar-refractivity contribution in [3.05, 3.63) is 47.5 Å². The second-order valence-corrected chi connectivity index (χ2v) is 7.00. The molecule has 1 atom stereocenters. The monoisotopic (exact) mass is 381 g/mol. The fourth-order valence-corrected chi connectivity index (χ4v) is 3.48. The van der Waals surface area contributed by atoms with Gasteiger partial charge in [-0.15, -0.1) is 0 Å². The van der Waals surface area contributed by atoms with Gasteiger partial charge in [-0.05, 0) is 61.6 Å². The zero-order valence-electron chi connectivity index (χ0n) is 15.7. The van der Waals surface area contributed by atoms with Gasteiger partial charge in [-0.2, -0.15) is 0 Å². The van der Waals surface area contributed by atoms with Gasteiger partial charge >= 0.3 is 6.03 Å². The van der Waals surface area contributed by atoms with Crippen molar-refractivity contribution in [3.63, 3.8) is 0 Å². The van der Waals surface area contributed by atoms with Crippen molar-refractivity contribution in [1.29, 1.82) is 0 Å². The van der Waals surface area contributed by atoms with Crippen molar-refractivity contribution in [2.75, 3.05) is 23.8 Å². The molecule has 0 unspecified atom stereocenters. The highest BCUT2D eigenvalue weighted by Crippen LogP contribution is 2.32. The average molecular weight is 381 g/mol. The first-order valence-corrected chi connectivity index (χ1v) is 9.48. The number of benzene rings is 2. The number of urea groups is 1. The van der Waals surface area contributed by atoms with Crippen molar-refractivity contribution < 1.29 is 19.1 Å². The fourth-order valence-electron chi connectivity index (χ4n) is 3.48. The number of hydrogen-bond acceptors (Lipinski definition) is 5. The highest BCUT2D eigenvalue weighted by atomic mass is 16.6. The van der Waals surface area contributed by atoms with E-state index in [1.807, 2.05) is 6.07 Å². The summed E-state index contributed by atoms with van der Waals surface area (Å²) in [6.07, 6.45) is 3.36. The summed E-state index contributed by atoms with van der Waals surface area (Å²) in [5.41, 5.74) is 4.11. The smallest absolute Gasteiger partial charge is 0.325 e. The van der Waals surface area contributed by atoms with Crippen LogP contribution in [0.25, 0.3) is 0 Å². The topological polar surface area (TPSA) is 88.7 Å². The Balaban J connectivity index is 1.32. The van der Waals surface area contributed by atoms with E-state index in [4.69, 9.17) is 9.47 Å². The number of hydrogen-bond donors (Lipinski definition) is 3. The third kappa shape index (κ3) is 4.03. The maximum Gasteiger partial charge on any atom is 0.325 e. The number of nitrogens with one attached hydrogen (secondary N) is 3. The largest absolute Gasteiger partial charge is 0.486 e.